The maximum atomic E-state index is 13.4. The molecule has 0 unspecified atom stereocenters. The second-order valence-electron chi connectivity index (χ2n) is 3.73. The van der Waals surface area contributed by atoms with Crippen molar-refractivity contribution in [3.05, 3.63) is 41.3 Å². The normalized spacial score (nSPS) is 10.4. The van der Waals surface area contributed by atoms with Crippen molar-refractivity contribution in [3.8, 4) is 0 Å². The summed E-state index contributed by atoms with van der Waals surface area (Å²) < 4.78 is 39.3. The maximum Gasteiger partial charge on any atom is 0.239 e. The van der Waals surface area contributed by atoms with Crippen molar-refractivity contribution >= 4 is 17.5 Å². The molecule has 19 heavy (non-hydrogen) atoms. The summed E-state index contributed by atoms with van der Waals surface area (Å²) in [6.07, 6.45) is 0. The van der Waals surface area contributed by atoms with Crippen LogP contribution < -0.4 is 16.6 Å². The van der Waals surface area contributed by atoms with Crippen molar-refractivity contribution in [1.82, 2.24) is 9.97 Å². The fourth-order valence-corrected chi connectivity index (χ4v) is 1.45. The molecule has 0 aliphatic carbocycles. The summed E-state index contributed by atoms with van der Waals surface area (Å²) in [5.74, 6) is 2.13. The number of nitrogens with one attached hydrogen (secondary N) is 2. The van der Waals surface area contributed by atoms with E-state index in [-0.39, 0.29) is 17.5 Å². The van der Waals surface area contributed by atoms with E-state index in [1.54, 1.807) is 6.92 Å². The van der Waals surface area contributed by atoms with Crippen LogP contribution in [0.15, 0.2) is 18.2 Å². The monoisotopic (exact) mass is 269 g/mol. The van der Waals surface area contributed by atoms with E-state index in [0.29, 0.717) is 17.8 Å². The zero-order valence-corrected chi connectivity index (χ0v) is 9.84. The van der Waals surface area contributed by atoms with Gasteiger partial charge in [-0.3, -0.25) is 5.43 Å². The quantitative estimate of drug-likeness (QED) is 0.452. The lowest BCUT2D eigenvalue weighted by Gasteiger charge is -2.09. The Labute approximate surface area is 106 Å². The summed E-state index contributed by atoms with van der Waals surface area (Å²) in [5, 5.41) is 2.53. The van der Waals surface area contributed by atoms with Crippen LogP contribution in [0.5, 0.6) is 0 Å². The third-order valence-electron chi connectivity index (χ3n) is 2.26. The molecule has 0 aliphatic rings. The van der Waals surface area contributed by atoms with Crippen LogP contribution in [0.3, 0.4) is 0 Å². The number of aryl methyl sites for hydroxylation is 1. The minimum Gasteiger partial charge on any atom is -0.338 e. The lowest BCUT2D eigenvalue weighted by atomic mass is 10.2. The molecular formula is C11H10F3N5. The average Bonchev–Trinajstić information content (AvgIpc) is 2.35. The van der Waals surface area contributed by atoms with Gasteiger partial charge >= 0.3 is 0 Å². The van der Waals surface area contributed by atoms with Gasteiger partial charge in [0.1, 0.15) is 11.6 Å². The molecule has 0 atom stereocenters. The summed E-state index contributed by atoms with van der Waals surface area (Å²) in [6.45, 7) is 1.68. The predicted octanol–water partition coefficient (Wildman–Crippen LogP) is 2.23. The molecule has 0 saturated carbocycles. The third kappa shape index (κ3) is 2.91. The highest BCUT2D eigenvalue weighted by atomic mass is 19.2. The molecule has 0 radical (unpaired) electrons. The summed E-state index contributed by atoms with van der Waals surface area (Å²) in [5.41, 5.74) is 2.57. The van der Waals surface area contributed by atoms with Gasteiger partial charge in [0, 0.05) is 23.9 Å². The first-order valence-electron chi connectivity index (χ1n) is 5.23. The van der Waals surface area contributed by atoms with Gasteiger partial charge in [0.25, 0.3) is 0 Å². The summed E-state index contributed by atoms with van der Waals surface area (Å²) in [7, 11) is 0. The minimum atomic E-state index is -1.26. The Morgan fingerprint density at radius 2 is 1.68 bits per heavy atom. The van der Waals surface area contributed by atoms with Gasteiger partial charge in [0.05, 0.1) is 5.69 Å². The van der Waals surface area contributed by atoms with Gasteiger partial charge in [-0.25, -0.2) is 24.0 Å². The Bertz CT molecular complexity index is 618. The van der Waals surface area contributed by atoms with E-state index < -0.39 is 17.5 Å². The highest BCUT2D eigenvalue weighted by molar-refractivity contribution is 5.58. The Kier molecular flexibility index (Phi) is 3.52. The topological polar surface area (TPSA) is 75.9 Å². The number of hydrogen-bond donors (Lipinski definition) is 3. The molecule has 8 heteroatoms. The van der Waals surface area contributed by atoms with Gasteiger partial charge in [-0.05, 0) is 6.92 Å². The van der Waals surface area contributed by atoms with Gasteiger partial charge < -0.3 is 5.32 Å². The molecule has 0 amide bonds. The van der Waals surface area contributed by atoms with Crippen LogP contribution in [0, 0.1) is 24.4 Å². The first-order chi connectivity index (χ1) is 8.99. The number of hydrazine groups is 1. The number of rotatable bonds is 3. The highest BCUT2D eigenvalue weighted by Crippen LogP contribution is 2.22. The SMILES string of the molecule is Cc1cc(Nc2cc(F)c(F)cc2F)nc(NN)n1. The number of halogens is 3. The molecule has 0 spiro atoms. The van der Waals surface area contributed by atoms with Crippen molar-refractivity contribution in [2.45, 2.75) is 6.92 Å². The van der Waals surface area contributed by atoms with Crippen LogP contribution in [0.4, 0.5) is 30.6 Å². The largest absolute Gasteiger partial charge is 0.338 e. The molecule has 0 aliphatic heterocycles. The third-order valence-corrected chi connectivity index (χ3v) is 2.26. The smallest absolute Gasteiger partial charge is 0.239 e. The standard InChI is InChI=1S/C11H10F3N5/c1-5-2-10(18-11(16-5)19-15)17-9-4-7(13)6(12)3-8(9)14/h2-4H,15H2,1H3,(H2,16,17,18,19). The number of benzene rings is 1. The molecule has 1 aromatic carbocycles. The summed E-state index contributed by atoms with van der Waals surface area (Å²) in [6, 6.07) is 2.66. The lowest BCUT2D eigenvalue weighted by Crippen LogP contribution is -2.12. The van der Waals surface area contributed by atoms with Crippen LogP contribution in [0.1, 0.15) is 5.69 Å². The second kappa shape index (κ2) is 5.11. The van der Waals surface area contributed by atoms with Crippen LogP contribution in [0.2, 0.25) is 0 Å². The van der Waals surface area contributed by atoms with Crippen molar-refractivity contribution in [3.63, 3.8) is 0 Å². The Balaban J connectivity index is 2.36. The Morgan fingerprint density at radius 1 is 1.00 bits per heavy atom. The molecule has 2 aromatic rings. The van der Waals surface area contributed by atoms with Gasteiger partial charge in [-0.15, -0.1) is 0 Å². The highest BCUT2D eigenvalue weighted by Gasteiger charge is 2.11. The first kappa shape index (κ1) is 13.1. The summed E-state index contributed by atoms with van der Waals surface area (Å²) >= 11 is 0. The van der Waals surface area contributed by atoms with Crippen molar-refractivity contribution in [2.75, 3.05) is 10.7 Å². The molecule has 0 fully saturated rings. The molecule has 5 nitrogen and oxygen atoms in total. The van der Waals surface area contributed by atoms with Gasteiger partial charge in [0.2, 0.25) is 5.95 Å². The van der Waals surface area contributed by atoms with E-state index in [9.17, 15) is 13.2 Å². The lowest BCUT2D eigenvalue weighted by molar-refractivity contribution is 0.496. The van der Waals surface area contributed by atoms with Gasteiger partial charge in [0.15, 0.2) is 11.6 Å². The van der Waals surface area contributed by atoms with Gasteiger partial charge in [-0.2, -0.15) is 4.98 Å². The van der Waals surface area contributed by atoms with Crippen molar-refractivity contribution in [2.24, 2.45) is 5.84 Å². The molecule has 0 saturated heterocycles. The van der Waals surface area contributed by atoms with E-state index in [0.717, 1.165) is 0 Å². The van der Waals surface area contributed by atoms with Crippen LogP contribution >= 0.6 is 0 Å². The number of hydrogen-bond acceptors (Lipinski definition) is 5. The Morgan fingerprint density at radius 3 is 2.37 bits per heavy atom. The molecule has 100 valence electrons. The molecule has 1 aromatic heterocycles. The van der Waals surface area contributed by atoms with Crippen LogP contribution in [-0.2, 0) is 0 Å². The van der Waals surface area contributed by atoms with Crippen molar-refractivity contribution < 1.29 is 13.2 Å². The van der Waals surface area contributed by atoms with Crippen LogP contribution in [-0.4, -0.2) is 9.97 Å². The summed E-state index contributed by atoms with van der Waals surface area (Å²) in [4.78, 5) is 7.83. The first-order valence-corrected chi connectivity index (χ1v) is 5.23. The van der Waals surface area contributed by atoms with E-state index in [2.05, 4.69) is 20.7 Å². The van der Waals surface area contributed by atoms with E-state index in [1.165, 1.54) is 6.07 Å². The fourth-order valence-electron chi connectivity index (χ4n) is 1.45. The fraction of sp³-hybridized carbons (Fsp3) is 0.0909. The number of nitrogen functional groups attached to an aromatic ring is 1. The molecule has 4 N–H and O–H groups in total. The Hall–Kier alpha value is -2.35. The van der Waals surface area contributed by atoms with E-state index in [4.69, 9.17) is 5.84 Å². The number of anilines is 3. The predicted molar refractivity (Wildman–Crippen MR) is 64.2 cm³/mol. The molecule has 1 heterocycles. The van der Waals surface area contributed by atoms with Crippen LogP contribution in [0.25, 0.3) is 0 Å². The number of nitrogens with zero attached hydrogens (tertiary/aromatic N) is 2. The zero-order chi connectivity index (χ0) is 14.0. The molecular weight excluding hydrogens is 259 g/mol. The number of nitrogens with two attached hydrogens (primary N) is 1. The number of aromatic nitrogens is 2. The van der Waals surface area contributed by atoms with E-state index in [1.807, 2.05) is 0 Å². The van der Waals surface area contributed by atoms with Crippen molar-refractivity contribution in [1.29, 1.82) is 0 Å². The van der Waals surface area contributed by atoms with E-state index >= 15 is 0 Å². The zero-order valence-electron chi connectivity index (χ0n) is 9.84. The molecule has 2 rings (SSSR count). The molecule has 0 bridgehead atoms. The van der Waals surface area contributed by atoms with Gasteiger partial charge in [-0.1, -0.05) is 0 Å². The minimum absolute atomic E-state index is 0.116. The average molecular weight is 269 g/mol. The maximum absolute atomic E-state index is 13.4. The second-order valence-corrected chi connectivity index (χ2v) is 3.73.